The van der Waals surface area contributed by atoms with E-state index in [-0.39, 0.29) is 12.3 Å². The van der Waals surface area contributed by atoms with Crippen LogP contribution in [-0.4, -0.2) is 36.6 Å². The van der Waals surface area contributed by atoms with Crippen LogP contribution < -0.4 is 9.80 Å². The smallest absolute Gasteiger partial charge is 0.412 e. The van der Waals surface area contributed by atoms with Crippen molar-refractivity contribution < 1.29 is 14.7 Å². The first kappa shape index (κ1) is 12.0. The highest BCUT2D eigenvalue weighted by Gasteiger charge is 2.27. The van der Waals surface area contributed by atoms with Gasteiger partial charge in [0.1, 0.15) is 0 Å². The van der Waals surface area contributed by atoms with Crippen LogP contribution in [0, 0.1) is 0 Å². The van der Waals surface area contributed by atoms with Crippen LogP contribution in [0.1, 0.15) is 18.4 Å². The molecule has 5 heteroatoms. The van der Waals surface area contributed by atoms with Crippen LogP contribution in [0.4, 0.5) is 16.2 Å². The zero-order valence-electron chi connectivity index (χ0n) is 10.6. The molecule has 2 aliphatic rings. The minimum Gasteiger partial charge on any atom is -0.465 e. The van der Waals surface area contributed by atoms with E-state index in [9.17, 15) is 14.7 Å². The number of Topliss-reactive ketones (excluding diaryl/α,β-unsaturated/α-hetero) is 1. The van der Waals surface area contributed by atoms with Crippen LogP contribution >= 0.6 is 0 Å². The first-order valence-electron chi connectivity index (χ1n) is 6.55. The van der Waals surface area contributed by atoms with Crippen LogP contribution in [-0.2, 0) is 11.2 Å². The Balaban J connectivity index is 1.99. The third kappa shape index (κ3) is 2.16. The number of rotatable bonds is 1. The molecule has 0 aliphatic carbocycles. The lowest BCUT2D eigenvalue weighted by atomic mass is 10.0. The van der Waals surface area contributed by atoms with Crippen molar-refractivity contribution in [3.05, 3.63) is 23.8 Å². The maximum atomic E-state index is 11.6. The number of hydrogen-bond donors (Lipinski definition) is 1. The van der Waals surface area contributed by atoms with Gasteiger partial charge in [0.25, 0.3) is 0 Å². The number of anilines is 2. The fourth-order valence-electron chi connectivity index (χ4n) is 2.83. The number of carbonyl (C=O) groups is 2. The van der Waals surface area contributed by atoms with Gasteiger partial charge in [-0.05, 0) is 30.5 Å². The lowest BCUT2D eigenvalue weighted by molar-refractivity contribution is -0.117. The van der Waals surface area contributed by atoms with Crippen LogP contribution in [0.25, 0.3) is 0 Å². The monoisotopic (exact) mass is 260 g/mol. The van der Waals surface area contributed by atoms with Gasteiger partial charge in [0.15, 0.2) is 5.78 Å². The molecule has 1 fully saturated rings. The molecule has 0 spiro atoms. The normalized spacial score (nSPS) is 18.6. The molecule has 1 aromatic rings. The summed E-state index contributed by atoms with van der Waals surface area (Å²) >= 11 is 0. The molecular weight excluding hydrogens is 244 g/mol. The van der Waals surface area contributed by atoms with Crippen molar-refractivity contribution >= 4 is 23.3 Å². The average Bonchev–Trinajstić information content (AvgIpc) is 2.91. The summed E-state index contributed by atoms with van der Waals surface area (Å²) in [4.78, 5) is 26.2. The molecule has 0 unspecified atom stereocenters. The molecule has 1 saturated heterocycles. The van der Waals surface area contributed by atoms with E-state index in [1.165, 1.54) is 12.8 Å². The molecule has 2 heterocycles. The number of carbonyl (C=O) groups excluding carboxylic acids is 1. The minimum absolute atomic E-state index is 0.0359. The number of benzene rings is 1. The molecule has 1 amide bonds. The summed E-state index contributed by atoms with van der Waals surface area (Å²) in [7, 11) is 0. The van der Waals surface area contributed by atoms with Gasteiger partial charge >= 0.3 is 6.09 Å². The predicted octanol–water partition coefficient (Wildman–Crippen LogP) is 1.90. The topological polar surface area (TPSA) is 60.9 Å². The molecule has 3 rings (SSSR count). The van der Waals surface area contributed by atoms with Crippen molar-refractivity contribution in [2.24, 2.45) is 0 Å². The first-order chi connectivity index (χ1) is 9.15. The van der Waals surface area contributed by atoms with Crippen molar-refractivity contribution in [3.8, 4) is 0 Å². The molecule has 0 saturated carbocycles. The number of nitrogens with zero attached hydrogens (tertiary/aromatic N) is 2. The Labute approximate surface area is 111 Å². The highest BCUT2D eigenvalue weighted by Crippen LogP contribution is 2.31. The van der Waals surface area contributed by atoms with E-state index >= 15 is 0 Å². The van der Waals surface area contributed by atoms with Crippen molar-refractivity contribution in [1.82, 2.24) is 0 Å². The van der Waals surface area contributed by atoms with E-state index in [0.29, 0.717) is 12.1 Å². The van der Waals surface area contributed by atoms with Crippen LogP contribution in [0.2, 0.25) is 0 Å². The molecule has 0 bridgehead atoms. The van der Waals surface area contributed by atoms with E-state index < -0.39 is 6.09 Å². The van der Waals surface area contributed by atoms with Crippen molar-refractivity contribution in [3.63, 3.8) is 0 Å². The van der Waals surface area contributed by atoms with Gasteiger partial charge < -0.3 is 10.0 Å². The quantitative estimate of drug-likeness (QED) is 0.837. The summed E-state index contributed by atoms with van der Waals surface area (Å²) in [5.41, 5.74) is 2.52. The molecule has 0 atom stereocenters. The molecule has 100 valence electrons. The molecule has 0 radical (unpaired) electrons. The van der Waals surface area contributed by atoms with Gasteiger partial charge in [0.05, 0.1) is 12.2 Å². The summed E-state index contributed by atoms with van der Waals surface area (Å²) in [5.74, 6) is -0.0520. The Morgan fingerprint density at radius 3 is 2.63 bits per heavy atom. The molecule has 5 nitrogen and oxygen atoms in total. The standard InChI is InChI=1S/C14H16N2O3/c17-12-7-10-3-4-11(15-5-1-2-6-15)8-13(10)16(9-12)14(18)19/h3-4,8H,1-2,5-7,9H2,(H,18,19). The molecule has 19 heavy (non-hydrogen) atoms. The molecule has 1 aromatic carbocycles. The Morgan fingerprint density at radius 1 is 1.21 bits per heavy atom. The van der Waals surface area contributed by atoms with Gasteiger partial charge in [0, 0.05) is 25.2 Å². The van der Waals surface area contributed by atoms with Crippen molar-refractivity contribution in [2.75, 3.05) is 29.4 Å². The largest absolute Gasteiger partial charge is 0.465 e. The summed E-state index contributed by atoms with van der Waals surface area (Å²) < 4.78 is 0. The van der Waals surface area contributed by atoms with Gasteiger partial charge in [-0.2, -0.15) is 0 Å². The highest BCUT2D eigenvalue weighted by molar-refractivity contribution is 6.00. The number of fused-ring (bicyclic) bond motifs is 1. The van der Waals surface area contributed by atoms with Crippen molar-refractivity contribution in [1.29, 1.82) is 0 Å². The molecular formula is C14H16N2O3. The Kier molecular flexibility index (Phi) is 2.89. The fourth-order valence-corrected chi connectivity index (χ4v) is 2.83. The second kappa shape index (κ2) is 4.57. The van der Waals surface area contributed by atoms with E-state index in [1.54, 1.807) is 0 Å². The summed E-state index contributed by atoms with van der Waals surface area (Å²) in [6.45, 7) is 2.00. The van der Waals surface area contributed by atoms with E-state index in [4.69, 9.17) is 0 Å². The number of hydrogen-bond acceptors (Lipinski definition) is 3. The van der Waals surface area contributed by atoms with Gasteiger partial charge in [0.2, 0.25) is 0 Å². The fraction of sp³-hybridized carbons (Fsp3) is 0.429. The van der Waals surface area contributed by atoms with E-state index in [2.05, 4.69) is 4.90 Å². The second-order valence-corrected chi connectivity index (χ2v) is 5.09. The Morgan fingerprint density at radius 2 is 1.95 bits per heavy atom. The van der Waals surface area contributed by atoms with Crippen LogP contribution in [0.15, 0.2) is 18.2 Å². The first-order valence-corrected chi connectivity index (χ1v) is 6.55. The van der Waals surface area contributed by atoms with Crippen LogP contribution in [0.5, 0.6) is 0 Å². The third-order valence-electron chi connectivity index (χ3n) is 3.78. The zero-order chi connectivity index (χ0) is 13.4. The van der Waals surface area contributed by atoms with Crippen LogP contribution in [0.3, 0.4) is 0 Å². The number of ketones is 1. The van der Waals surface area contributed by atoms with E-state index in [0.717, 1.165) is 29.2 Å². The molecule has 0 aromatic heterocycles. The number of carboxylic acid groups (broad SMARTS) is 1. The summed E-state index contributed by atoms with van der Waals surface area (Å²) in [6.07, 6.45) is 1.63. The summed E-state index contributed by atoms with van der Waals surface area (Å²) in [5, 5.41) is 9.22. The van der Waals surface area contributed by atoms with Gasteiger partial charge in [-0.3, -0.25) is 9.69 Å². The maximum Gasteiger partial charge on any atom is 0.412 e. The number of amides is 1. The maximum absolute atomic E-state index is 11.6. The average molecular weight is 260 g/mol. The summed E-state index contributed by atoms with van der Waals surface area (Å²) in [6, 6.07) is 5.78. The van der Waals surface area contributed by atoms with Gasteiger partial charge in [-0.15, -0.1) is 0 Å². The minimum atomic E-state index is -1.06. The lowest BCUT2D eigenvalue weighted by Gasteiger charge is -2.28. The van der Waals surface area contributed by atoms with Crippen molar-refractivity contribution in [2.45, 2.75) is 19.3 Å². The lowest BCUT2D eigenvalue weighted by Crippen LogP contribution is -2.39. The second-order valence-electron chi connectivity index (χ2n) is 5.09. The highest BCUT2D eigenvalue weighted by atomic mass is 16.4. The zero-order valence-corrected chi connectivity index (χ0v) is 10.6. The molecule has 1 N–H and O–H groups in total. The van der Waals surface area contributed by atoms with Gasteiger partial charge in [-0.1, -0.05) is 6.07 Å². The predicted molar refractivity (Wildman–Crippen MR) is 72.0 cm³/mol. The third-order valence-corrected chi connectivity index (χ3v) is 3.78. The molecule has 2 aliphatic heterocycles. The van der Waals surface area contributed by atoms with Gasteiger partial charge in [-0.25, -0.2) is 4.79 Å². The Bertz CT molecular complexity index is 535. The SMILES string of the molecule is O=C1Cc2ccc(N3CCCC3)cc2N(C(=O)O)C1. The Hall–Kier alpha value is -2.04. The van der Waals surface area contributed by atoms with E-state index in [1.807, 2.05) is 18.2 Å².